The van der Waals surface area contributed by atoms with Gasteiger partial charge in [0.05, 0.1) is 11.0 Å². The Kier molecular flexibility index (Phi) is 10.4. The number of hydrogen-bond donors (Lipinski definition) is 0. The van der Waals surface area contributed by atoms with Gasteiger partial charge in [-0.2, -0.15) is 0 Å². The van der Waals surface area contributed by atoms with E-state index >= 15 is 0 Å². The predicted octanol–water partition coefficient (Wildman–Crippen LogP) is 13.2. The Morgan fingerprint density at radius 3 is 1.06 bits per heavy atom. The molecule has 0 saturated carbocycles. The van der Waals surface area contributed by atoms with E-state index in [1.165, 1.54) is 20.7 Å². The minimum atomic E-state index is -2.86. The summed E-state index contributed by atoms with van der Waals surface area (Å²) in [4.78, 5) is 4.62. The van der Waals surface area contributed by atoms with Crippen LogP contribution in [0.5, 0.6) is 0 Å². The van der Waals surface area contributed by atoms with E-state index in [1.54, 1.807) is 12.1 Å². The lowest BCUT2D eigenvalue weighted by Crippen LogP contribution is -2.74. The van der Waals surface area contributed by atoms with Crippen LogP contribution in [0.4, 0.5) is 38.5 Å². The van der Waals surface area contributed by atoms with Crippen LogP contribution in [-0.2, 0) is 0 Å². The van der Waals surface area contributed by atoms with Gasteiger partial charge in [-0.3, -0.25) is 0 Å². The first-order valence-electron chi connectivity index (χ1n) is 22.0. The summed E-state index contributed by atoms with van der Waals surface area (Å²) >= 11 is 0. The van der Waals surface area contributed by atoms with E-state index in [2.05, 4.69) is 257 Å². The van der Waals surface area contributed by atoms with Gasteiger partial charge >= 0.3 is 0 Å². The van der Waals surface area contributed by atoms with Gasteiger partial charge in [0.2, 0.25) is 0 Å². The number of anilines is 6. The summed E-state index contributed by atoms with van der Waals surface area (Å²) in [5.41, 5.74) is 9.36. The Balaban J connectivity index is 1.13. The zero-order chi connectivity index (χ0) is 43.6. The summed E-state index contributed by atoms with van der Waals surface area (Å²) in [6.07, 6.45) is 0. The smallest absolute Gasteiger partial charge is 0.179 e. The maximum atomic E-state index is 14.5. The van der Waals surface area contributed by atoms with E-state index in [0.29, 0.717) is 0 Å². The molecule has 0 aliphatic rings. The van der Waals surface area contributed by atoms with Gasteiger partial charge in [-0.25, -0.2) is 4.39 Å². The number of benzene rings is 10. The lowest BCUT2D eigenvalue weighted by Gasteiger charge is -2.34. The summed E-state index contributed by atoms with van der Waals surface area (Å²) < 4.78 is 16.8. The Bertz CT molecular complexity index is 3210. The van der Waals surface area contributed by atoms with Crippen molar-refractivity contribution in [1.82, 2.24) is 4.57 Å². The van der Waals surface area contributed by atoms with Gasteiger partial charge in [0.1, 0.15) is 5.82 Å². The standard InChI is InChI=1S/C60H44FN3Si/c61-45-31-33-51(34-32-45)64-59-41-39-52(63(48-23-11-3-12-24-48)50-37-35-49(36-38-50)62(46-19-7-1-8-20-46)47-21-9-2-10-22-47)43-57(59)58-44-56(40-42-60(58)64)65(53-25-13-4-14-26-53,54-27-15-5-16-28-54)55-29-17-6-18-30-55/h1-44H. The fourth-order valence-corrected chi connectivity index (χ4v) is 14.5. The molecule has 0 radical (unpaired) electrons. The highest BCUT2D eigenvalue weighted by atomic mass is 28.3. The van der Waals surface area contributed by atoms with E-state index in [4.69, 9.17) is 0 Å². The fourth-order valence-electron chi connectivity index (χ4n) is 9.69. The lowest BCUT2D eigenvalue weighted by molar-refractivity contribution is 0.627. The van der Waals surface area contributed by atoms with Gasteiger partial charge in [-0.05, 0) is 130 Å². The molecule has 0 unspecified atom stereocenters. The Morgan fingerprint density at radius 2 is 0.631 bits per heavy atom. The number of nitrogens with zero attached hydrogens (tertiary/aromatic N) is 3. The van der Waals surface area contributed by atoms with E-state index in [-0.39, 0.29) is 5.82 Å². The SMILES string of the molecule is Fc1ccc(-n2c3ccc(N(c4ccccc4)c4ccc(N(c5ccccc5)c5ccccc5)cc4)cc3c3cc([Si](c4ccccc4)(c4ccccc4)c4ccccc4)ccc32)cc1. The van der Waals surface area contributed by atoms with Gasteiger partial charge in [0.25, 0.3) is 0 Å². The second-order valence-corrected chi connectivity index (χ2v) is 20.1. The van der Waals surface area contributed by atoms with Crippen LogP contribution >= 0.6 is 0 Å². The molecular formula is C60H44FN3Si. The number of rotatable bonds is 11. The van der Waals surface area contributed by atoms with Crippen LogP contribution in [-0.4, -0.2) is 12.6 Å². The summed E-state index contributed by atoms with van der Waals surface area (Å²) in [7, 11) is -2.86. The third-order valence-electron chi connectivity index (χ3n) is 12.6. The van der Waals surface area contributed by atoms with Crippen molar-refractivity contribution in [3.05, 3.63) is 273 Å². The normalized spacial score (nSPS) is 11.5. The van der Waals surface area contributed by atoms with E-state index < -0.39 is 8.07 Å². The molecule has 0 bridgehead atoms. The zero-order valence-corrected chi connectivity index (χ0v) is 36.6. The second-order valence-electron chi connectivity index (χ2n) is 16.3. The first kappa shape index (κ1) is 39.6. The van der Waals surface area contributed by atoms with Gasteiger partial charge in [0, 0.05) is 50.6 Å². The van der Waals surface area contributed by atoms with Gasteiger partial charge < -0.3 is 14.4 Å². The molecule has 11 rings (SSSR count). The third-order valence-corrected chi connectivity index (χ3v) is 17.3. The van der Waals surface area contributed by atoms with Crippen molar-refractivity contribution in [2.45, 2.75) is 0 Å². The van der Waals surface area contributed by atoms with E-state index in [0.717, 1.165) is 61.6 Å². The van der Waals surface area contributed by atoms with Gasteiger partial charge in [-0.1, -0.05) is 158 Å². The molecule has 0 aliphatic carbocycles. The molecule has 0 atom stereocenters. The first-order chi connectivity index (χ1) is 32.2. The second kappa shape index (κ2) is 17.1. The molecule has 0 aliphatic heterocycles. The van der Waals surface area contributed by atoms with E-state index in [9.17, 15) is 4.39 Å². The maximum Gasteiger partial charge on any atom is 0.179 e. The summed E-state index contributed by atoms with van der Waals surface area (Å²) in [5.74, 6) is -0.261. The van der Waals surface area contributed by atoms with Crippen LogP contribution in [0.1, 0.15) is 0 Å². The minimum absolute atomic E-state index is 0.261. The monoisotopic (exact) mass is 853 g/mol. The molecule has 3 nitrogen and oxygen atoms in total. The molecule has 1 aromatic heterocycles. The van der Waals surface area contributed by atoms with Crippen LogP contribution in [0.2, 0.25) is 0 Å². The number of halogens is 1. The van der Waals surface area contributed by atoms with Crippen molar-refractivity contribution in [3.63, 3.8) is 0 Å². The number of aromatic nitrogens is 1. The summed E-state index contributed by atoms with van der Waals surface area (Å²) in [5, 5.41) is 7.48. The van der Waals surface area contributed by atoms with Crippen LogP contribution < -0.4 is 30.5 Å². The fraction of sp³-hybridized carbons (Fsp3) is 0. The topological polar surface area (TPSA) is 11.4 Å². The summed E-state index contributed by atoms with van der Waals surface area (Å²) in [6.45, 7) is 0. The highest BCUT2D eigenvalue weighted by Gasteiger charge is 2.41. The van der Waals surface area contributed by atoms with Gasteiger partial charge in [0.15, 0.2) is 8.07 Å². The summed E-state index contributed by atoms with van der Waals surface area (Å²) in [6, 6.07) is 94.2. The molecule has 5 heteroatoms. The Hall–Kier alpha value is -8.25. The molecule has 310 valence electrons. The minimum Gasteiger partial charge on any atom is -0.311 e. The zero-order valence-electron chi connectivity index (χ0n) is 35.6. The Morgan fingerprint density at radius 1 is 0.292 bits per heavy atom. The number of fused-ring (bicyclic) bond motifs is 3. The third kappa shape index (κ3) is 7.18. The first-order valence-corrected chi connectivity index (χ1v) is 24.0. The average Bonchev–Trinajstić information content (AvgIpc) is 3.70. The van der Waals surface area contributed by atoms with Crippen molar-refractivity contribution < 1.29 is 4.39 Å². The highest BCUT2D eigenvalue weighted by Crippen LogP contribution is 2.41. The van der Waals surface area contributed by atoms with Crippen LogP contribution in [0.15, 0.2) is 267 Å². The van der Waals surface area contributed by atoms with Crippen molar-refractivity contribution in [2.24, 2.45) is 0 Å². The number of para-hydroxylation sites is 3. The lowest BCUT2D eigenvalue weighted by atomic mass is 10.1. The van der Waals surface area contributed by atoms with Crippen LogP contribution in [0.3, 0.4) is 0 Å². The maximum absolute atomic E-state index is 14.5. The molecule has 11 aromatic rings. The van der Waals surface area contributed by atoms with Crippen molar-refractivity contribution >= 4 is 84.8 Å². The molecule has 0 N–H and O–H groups in total. The van der Waals surface area contributed by atoms with Gasteiger partial charge in [-0.15, -0.1) is 0 Å². The molecule has 1 heterocycles. The highest BCUT2D eigenvalue weighted by molar-refractivity contribution is 7.20. The van der Waals surface area contributed by atoms with E-state index in [1.807, 2.05) is 12.1 Å². The van der Waals surface area contributed by atoms with Crippen molar-refractivity contribution in [1.29, 1.82) is 0 Å². The Labute approximate surface area is 380 Å². The number of hydrogen-bond acceptors (Lipinski definition) is 2. The molecule has 10 aromatic carbocycles. The molecular weight excluding hydrogens is 810 g/mol. The molecule has 0 amide bonds. The van der Waals surface area contributed by atoms with Crippen LogP contribution in [0.25, 0.3) is 27.5 Å². The molecule has 0 fully saturated rings. The average molecular weight is 854 g/mol. The molecule has 0 spiro atoms. The van der Waals surface area contributed by atoms with Crippen LogP contribution in [0, 0.1) is 5.82 Å². The largest absolute Gasteiger partial charge is 0.311 e. The van der Waals surface area contributed by atoms with Crippen molar-refractivity contribution in [2.75, 3.05) is 9.80 Å². The predicted molar refractivity (Wildman–Crippen MR) is 274 cm³/mol. The van der Waals surface area contributed by atoms with Crippen molar-refractivity contribution in [3.8, 4) is 5.69 Å². The molecule has 65 heavy (non-hydrogen) atoms. The molecule has 0 saturated heterocycles. The quantitative estimate of drug-likeness (QED) is 0.0949.